The van der Waals surface area contributed by atoms with Gasteiger partial charge in [-0.05, 0) is 31.7 Å². The van der Waals surface area contributed by atoms with Gasteiger partial charge in [-0.2, -0.15) is 0 Å². The third kappa shape index (κ3) is 3.83. The summed E-state index contributed by atoms with van der Waals surface area (Å²) in [6.45, 7) is 5.19. The van der Waals surface area contributed by atoms with Gasteiger partial charge in [0.2, 0.25) is 0 Å². The Hall–Kier alpha value is -2.18. The lowest BCUT2D eigenvalue weighted by molar-refractivity contribution is 0.0658. The number of anilines is 2. The normalized spacial score (nSPS) is 15.4. The summed E-state index contributed by atoms with van der Waals surface area (Å²) in [7, 11) is 2.06. The van der Waals surface area contributed by atoms with E-state index in [1.54, 1.807) is 6.20 Å². The lowest BCUT2D eigenvalue weighted by atomic mass is 10.2. The standard InChI is InChI=1S/C17H20ClN5O/c1-12-3-4-13(18)9-14(12)21-16-11-19-15(10-20-16)17(24)23-7-5-22(2)6-8-23/h3-4,9-11H,5-8H2,1-2H3,(H,20,21). The van der Waals surface area contributed by atoms with E-state index in [-0.39, 0.29) is 5.91 Å². The van der Waals surface area contributed by atoms with Crippen LogP contribution in [0.2, 0.25) is 5.02 Å². The van der Waals surface area contributed by atoms with E-state index in [0.29, 0.717) is 16.5 Å². The van der Waals surface area contributed by atoms with Crippen molar-refractivity contribution in [3.8, 4) is 0 Å². The number of hydrogen-bond acceptors (Lipinski definition) is 5. The molecule has 1 saturated heterocycles. The van der Waals surface area contributed by atoms with E-state index in [1.165, 1.54) is 6.20 Å². The molecule has 1 aromatic heterocycles. The number of rotatable bonds is 3. The quantitative estimate of drug-likeness (QED) is 0.926. The molecule has 126 valence electrons. The Balaban J connectivity index is 1.69. The number of likely N-dealkylation sites (N-methyl/N-ethyl adjacent to an activating group) is 1. The zero-order valence-electron chi connectivity index (χ0n) is 13.8. The molecule has 3 rings (SSSR count). The molecule has 1 aliphatic rings. The zero-order chi connectivity index (χ0) is 17.1. The molecule has 0 atom stereocenters. The summed E-state index contributed by atoms with van der Waals surface area (Å²) in [6, 6.07) is 5.61. The Kier molecular flexibility index (Phi) is 4.97. The summed E-state index contributed by atoms with van der Waals surface area (Å²) < 4.78 is 0. The van der Waals surface area contributed by atoms with Gasteiger partial charge in [0.25, 0.3) is 5.91 Å². The zero-order valence-corrected chi connectivity index (χ0v) is 14.5. The second kappa shape index (κ2) is 7.15. The lowest BCUT2D eigenvalue weighted by Gasteiger charge is -2.32. The highest BCUT2D eigenvalue weighted by Gasteiger charge is 2.21. The molecule has 0 saturated carbocycles. The average Bonchev–Trinajstić information content (AvgIpc) is 2.59. The van der Waals surface area contributed by atoms with Gasteiger partial charge in [0.1, 0.15) is 11.5 Å². The number of aromatic nitrogens is 2. The number of carbonyl (C=O) groups excluding carboxylic acids is 1. The Bertz CT molecular complexity index is 726. The second-order valence-electron chi connectivity index (χ2n) is 5.97. The van der Waals surface area contributed by atoms with Crippen molar-refractivity contribution in [1.29, 1.82) is 0 Å². The first kappa shape index (κ1) is 16.7. The van der Waals surface area contributed by atoms with Crippen LogP contribution in [0.4, 0.5) is 11.5 Å². The number of carbonyl (C=O) groups is 1. The third-order valence-electron chi connectivity index (χ3n) is 4.12. The fourth-order valence-corrected chi connectivity index (χ4v) is 2.71. The summed E-state index contributed by atoms with van der Waals surface area (Å²) in [5, 5.41) is 3.83. The van der Waals surface area contributed by atoms with Crippen molar-refractivity contribution < 1.29 is 4.79 Å². The molecular weight excluding hydrogens is 326 g/mol. The van der Waals surface area contributed by atoms with Crippen LogP contribution in [-0.2, 0) is 0 Å². The van der Waals surface area contributed by atoms with Crippen LogP contribution in [0.3, 0.4) is 0 Å². The molecule has 1 N–H and O–H groups in total. The molecule has 2 aromatic rings. The van der Waals surface area contributed by atoms with Crippen LogP contribution in [-0.4, -0.2) is 58.9 Å². The molecular formula is C17H20ClN5O. The van der Waals surface area contributed by atoms with Crippen molar-refractivity contribution in [2.24, 2.45) is 0 Å². The highest BCUT2D eigenvalue weighted by atomic mass is 35.5. The van der Waals surface area contributed by atoms with Crippen molar-refractivity contribution >= 4 is 29.0 Å². The third-order valence-corrected chi connectivity index (χ3v) is 4.36. The Morgan fingerprint density at radius 1 is 1.17 bits per heavy atom. The number of aryl methyl sites for hydroxylation is 1. The molecule has 7 heteroatoms. The molecule has 0 bridgehead atoms. The van der Waals surface area contributed by atoms with Crippen molar-refractivity contribution in [3.63, 3.8) is 0 Å². The van der Waals surface area contributed by atoms with Gasteiger partial charge < -0.3 is 15.1 Å². The van der Waals surface area contributed by atoms with Gasteiger partial charge in [-0.15, -0.1) is 0 Å². The molecule has 1 fully saturated rings. The molecule has 24 heavy (non-hydrogen) atoms. The van der Waals surface area contributed by atoms with E-state index in [2.05, 4.69) is 27.2 Å². The second-order valence-corrected chi connectivity index (χ2v) is 6.40. The molecule has 2 heterocycles. The summed E-state index contributed by atoms with van der Waals surface area (Å²) in [5.41, 5.74) is 2.29. The summed E-state index contributed by atoms with van der Waals surface area (Å²) >= 11 is 6.02. The van der Waals surface area contributed by atoms with Crippen LogP contribution in [0.25, 0.3) is 0 Å². The van der Waals surface area contributed by atoms with Gasteiger partial charge in [0.15, 0.2) is 0 Å². The van der Waals surface area contributed by atoms with E-state index < -0.39 is 0 Å². The van der Waals surface area contributed by atoms with Crippen LogP contribution >= 0.6 is 11.6 Å². The van der Waals surface area contributed by atoms with Crippen LogP contribution in [0, 0.1) is 6.92 Å². The van der Waals surface area contributed by atoms with Gasteiger partial charge >= 0.3 is 0 Å². The van der Waals surface area contributed by atoms with E-state index in [0.717, 1.165) is 37.4 Å². The number of amides is 1. The van der Waals surface area contributed by atoms with E-state index >= 15 is 0 Å². The Labute approximate surface area is 146 Å². The maximum atomic E-state index is 12.4. The van der Waals surface area contributed by atoms with Crippen LogP contribution in [0.5, 0.6) is 0 Å². The predicted octanol–water partition coefficient (Wildman–Crippen LogP) is 2.57. The Morgan fingerprint density at radius 3 is 2.58 bits per heavy atom. The van der Waals surface area contributed by atoms with E-state index in [4.69, 9.17) is 11.6 Å². The topological polar surface area (TPSA) is 61.4 Å². The number of benzene rings is 1. The van der Waals surface area contributed by atoms with Crippen LogP contribution in [0.15, 0.2) is 30.6 Å². The van der Waals surface area contributed by atoms with Crippen molar-refractivity contribution in [2.75, 3.05) is 38.5 Å². The van der Waals surface area contributed by atoms with E-state index in [9.17, 15) is 4.79 Å². The van der Waals surface area contributed by atoms with Gasteiger partial charge in [0, 0.05) is 36.9 Å². The van der Waals surface area contributed by atoms with Gasteiger partial charge in [-0.25, -0.2) is 9.97 Å². The maximum absolute atomic E-state index is 12.4. The minimum absolute atomic E-state index is 0.0684. The molecule has 1 aromatic carbocycles. The molecule has 6 nitrogen and oxygen atoms in total. The highest BCUT2D eigenvalue weighted by molar-refractivity contribution is 6.30. The molecule has 0 radical (unpaired) electrons. The first-order chi connectivity index (χ1) is 11.5. The van der Waals surface area contributed by atoms with Gasteiger partial charge in [-0.3, -0.25) is 4.79 Å². The minimum Gasteiger partial charge on any atom is -0.339 e. The predicted molar refractivity (Wildman–Crippen MR) is 94.9 cm³/mol. The fourth-order valence-electron chi connectivity index (χ4n) is 2.54. The first-order valence-electron chi connectivity index (χ1n) is 7.86. The number of nitrogens with zero attached hydrogens (tertiary/aromatic N) is 4. The molecule has 0 aliphatic carbocycles. The summed E-state index contributed by atoms with van der Waals surface area (Å²) in [6.07, 6.45) is 3.09. The van der Waals surface area contributed by atoms with Crippen molar-refractivity contribution in [2.45, 2.75) is 6.92 Å². The summed E-state index contributed by atoms with van der Waals surface area (Å²) in [4.78, 5) is 25.0. The van der Waals surface area contributed by atoms with Gasteiger partial charge in [-0.1, -0.05) is 17.7 Å². The molecule has 1 aliphatic heterocycles. The monoisotopic (exact) mass is 345 g/mol. The van der Waals surface area contributed by atoms with E-state index in [1.807, 2.05) is 30.0 Å². The fraction of sp³-hybridized carbons (Fsp3) is 0.353. The summed E-state index contributed by atoms with van der Waals surface area (Å²) in [5.74, 6) is 0.511. The van der Waals surface area contributed by atoms with Gasteiger partial charge in [0.05, 0.1) is 12.4 Å². The number of piperazine rings is 1. The SMILES string of the molecule is Cc1ccc(Cl)cc1Nc1cnc(C(=O)N2CCN(C)CC2)cn1. The number of nitrogens with one attached hydrogen (secondary N) is 1. The smallest absolute Gasteiger partial charge is 0.274 e. The largest absolute Gasteiger partial charge is 0.339 e. The number of halogens is 1. The maximum Gasteiger partial charge on any atom is 0.274 e. The number of hydrogen-bond donors (Lipinski definition) is 1. The Morgan fingerprint density at radius 2 is 1.92 bits per heavy atom. The molecule has 0 spiro atoms. The lowest BCUT2D eigenvalue weighted by Crippen LogP contribution is -2.47. The van der Waals surface area contributed by atoms with Crippen molar-refractivity contribution in [3.05, 3.63) is 46.9 Å². The highest BCUT2D eigenvalue weighted by Crippen LogP contribution is 2.23. The minimum atomic E-state index is -0.0684. The van der Waals surface area contributed by atoms with Crippen LogP contribution < -0.4 is 5.32 Å². The van der Waals surface area contributed by atoms with Crippen LogP contribution in [0.1, 0.15) is 16.1 Å². The van der Waals surface area contributed by atoms with Crippen molar-refractivity contribution in [1.82, 2.24) is 19.8 Å². The molecule has 0 unspecified atom stereocenters. The first-order valence-corrected chi connectivity index (χ1v) is 8.24. The molecule has 1 amide bonds. The average molecular weight is 346 g/mol.